The SMILES string of the molecule is C/C(F)=C\C=C(/C)n1c(NC(=O)CC(O)(C(F)(F)F)C(F)(F)F)nc2ccc(C(C)(C)O)cc21. The summed E-state index contributed by atoms with van der Waals surface area (Å²) in [6.07, 6.45) is -12.4. The summed E-state index contributed by atoms with van der Waals surface area (Å²) in [5.74, 6) is -2.90. The van der Waals surface area contributed by atoms with E-state index in [0.717, 1.165) is 17.6 Å². The lowest BCUT2D eigenvalue weighted by Gasteiger charge is -2.31. The van der Waals surface area contributed by atoms with Crippen LogP contribution in [0, 0.1) is 0 Å². The van der Waals surface area contributed by atoms with E-state index in [1.807, 2.05) is 5.32 Å². The summed E-state index contributed by atoms with van der Waals surface area (Å²) in [6, 6.07) is 4.35. The minimum absolute atomic E-state index is 0.166. The monoisotopic (exact) mass is 497 g/mol. The van der Waals surface area contributed by atoms with Crippen LogP contribution in [0.2, 0.25) is 0 Å². The molecule has 0 aliphatic rings. The fourth-order valence-corrected chi connectivity index (χ4v) is 2.97. The standard InChI is InChI=1S/C21H22F7N3O3/c1-11(22)5-6-12(2)31-15-9-13(18(3,4)33)7-8-14(15)29-17(31)30-16(32)10-19(34,20(23,24)25)21(26,27)28/h5-9,33-34H,10H2,1-4H3,(H,29,30,32)/b11-5+,12-6+. The Kier molecular flexibility index (Phi) is 7.25. The highest BCUT2D eigenvalue weighted by Crippen LogP contribution is 2.45. The molecule has 2 aromatic rings. The predicted octanol–water partition coefficient (Wildman–Crippen LogP) is 5.18. The smallest absolute Gasteiger partial charge is 0.386 e. The van der Waals surface area contributed by atoms with Crippen LogP contribution in [0.25, 0.3) is 16.7 Å². The van der Waals surface area contributed by atoms with Crippen molar-refractivity contribution >= 4 is 28.6 Å². The van der Waals surface area contributed by atoms with E-state index in [-0.39, 0.29) is 16.7 Å². The average molecular weight is 497 g/mol. The van der Waals surface area contributed by atoms with Crippen molar-refractivity contribution in [3.05, 3.63) is 41.7 Å². The minimum atomic E-state index is -6.18. The van der Waals surface area contributed by atoms with E-state index in [2.05, 4.69) is 4.98 Å². The molecule has 1 aromatic carbocycles. The Bertz CT molecular complexity index is 1120. The largest absolute Gasteiger partial charge is 0.426 e. The molecule has 0 bridgehead atoms. The van der Waals surface area contributed by atoms with Gasteiger partial charge in [-0.3, -0.25) is 14.7 Å². The zero-order valence-corrected chi connectivity index (χ0v) is 18.4. The predicted molar refractivity (Wildman–Crippen MR) is 110 cm³/mol. The van der Waals surface area contributed by atoms with E-state index in [1.54, 1.807) is 0 Å². The van der Waals surface area contributed by atoms with Gasteiger partial charge in [-0.05, 0) is 57.5 Å². The van der Waals surface area contributed by atoms with Crippen LogP contribution >= 0.6 is 0 Å². The first-order valence-corrected chi connectivity index (χ1v) is 9.70. The number of allylic oxidation sites excluding steroid dienone is 4. The highest BCUT2D eigenvalue weighted by Gasteiger charge is 2.71. The van der Waals surface area contributed by atoms with Gasteiger partial charge in [0.1, 0.15) is 0 Å². The Hall–Kier alpha value is -2.93. The second kappa shape index (κ2) is 9.02. The van der Waals surface area contributed by atoms with Crippen molar-refractivity contribution in [3.63, 3.8) is 0 Å². The Morgan fingerprint density at radius 3 is 2.09 bits per heavy atom. The van der Waals surface area contributed by atoms with Gasteiger partial charge in [0.2, 0.25) is 11.9 Å². The van der Waals surface area contributed by atoms with E-state index >= 15 is 0 Å². The first kappa shape index (κ1) is 27.3. The van der Waals surface area contributed by atoms with Crippen molar-refractivity contribution < 1.29 is 45.7 Å². The van der Waals surface area contributed by atoms with Crippen LogP contribution in [0.1, 0.15) is 39.7 Å². The zero-order chi connectivity index (χ0) is 26.3. The molecule has 0 radical (unpaired) electrons. The summed E-state index contributed by atoms with van der Waals surface area (Å²) in [5, 5.41) is 21.4. The quantitative estimate of drug-likeness (QED) is 0.379. The lowest BCUT2D eigenvalue weighted by atomic mass is 9.98. The Balaban J connectivity index is 2.61. The number of hydrogen-bond donors (Lipinski definition) is 3. The number of hydrogen-bond acceptors (Lipinski definition) is 4. The van der Waals surface area contributed by atoms with E-state index in [4.69, 9.17) is 0 Å². The molecule has 1 amide bonds. The maximum absolute atomic E-state index is 13.2. The number of aromatic nitrogens is 2. The molecule has 1 heterocycles. The van der Waals surface area contributed by atoms with Gasteiger partial charge in [0.25, 0.3) is 5.60 Å². The number of nitrogens with one attached hydrogen (secondary N) is 1. The number of amides is 1. The lowest BCUT2D eigenvalue weighted by Crippen LogP contribution is -2.58. The number of carbonyl (C=O) groups is 1. The van der Waals surface area contributed by atoms with Crippen LogP contribution < -0.4 is 5.32 Å². The summed E-state index contributed by atoms with van der Waals surface area (Å²) >= 11 is 0. The van der Waals surface area contributed by atoms with Crippen molar-refractivity contribution in [2.75, 3.05) is 5.32 Å². The molecule has 6 nitrogen and oxygen atoms in total. The third kappa shape index (κ3) is 5.58. The molecule has 34 heavy (non-hydrogen) atoms. The second-order valence-electron chi connectivity index (χ2n) is 8.18. The van der Waals surface area contributed by atoms with Gasteiger partial charge in [-0.2, -0.15) is 26.3 Å². The number of benzene rings is 1. The fourth-order valence-electron chi connectivity index (χ4n) is 2.97. The van der Waals surface area contributed by atoms with Crippen molar-refractivity contribution in [1.29, 1.82) is 0 Å². The van der Waals surface area contributed by atoms with Gasteiger partial charge in [0, 0.05) is 5.70 Å². The van der Waals surface area contributed by atoms with Crippen molar-refractivity contribution in [3.8, 4) is 0 Å². The molecule has 0 unspecified atom stereocenters. The summed E-state index contributed by atoms with van der Waals surface area (Å²) in [7, 11) is 0. The average Bonchev–Trinajstić information content (AvgIpc) is 3.00. The maximum Gasteiger partial charge on any atom is 0.426 e. The number of nitrogens with zero attached hydrogens (tertiary/aromatic N) is 2. The van der Waals surface area contributed by atoms with Crippen molar-refractivity contribution in [2.24, 2.45) is 0 Å². The molecule has 2 rings (SSSR count). The summed E-state index contributed by atoms with van der Waals surface area (Å²) in [4.78, 5) is 16.2. The molecule has 0 saturated carbocycles. The van der Waals surface area contributed by atoms with Gasteiger partial charge in [0.05, 0.1) is 28.9 Å². The topological polar surface area (TPSA) is 87.4 Å². The summed E-state index contributed by atoms with van der Waals surface area (Å²) in [6.45, 7) is 5.52. The number of fused-ring (bicyclic) bond motifs is 1. The molecule has 0 saturated heterocycles. The Morgan fingerprint density at radius 1 is 1.06 bits per heavy atom. The number of aliphatic hydroxyl groups is 2. The molecule has 0 aliphatic heterocycles. The molecule has 0 atom stereocenters. The Morgan fingerprint density at radius 2 is 1.62 bits per heavy atom. The number of imidazole rings is 1. The number of alkyl halides is 6. The number of carbonyl (C=O) groups excluding carboxylic acids is 1. The van der Waals surface area contributed by atoms with Gasteiger partial charge in [-0.15, -0.1) is 0 Å². The van der Waals surface area contributed by atoms with Gasteiger partial charge in [-0.1, -0.05) is 6.07 Å². The van der Waals surface area contributed by atoms with Crippen LogP contribution in [0.15, 0.2) is 36.2 Å². The molecule has 0 aliphatic carbocycles. The van der Waals surface area contributed by atoms with Crippen LogP contribution in [-0.4, -0.2) is 43.6 Å². The molecule has 13 heteroatoms. The maximum atomic E-state index is 13.2. The second-order valence-corrected chi connectivity index (χ2v) is 8.18. The third-order valence-corrected chi connectivity index (χ3v) is 4.87. The van der Waals surface area contributed by atoms with E-state index in [0.29, 0.717) is 5.56 Å². The highest BCUT2D eigenvalue weighted by molar-refractivity contribution is 5.94. The molecule has 0 fully saturated rings. The molecule has 3 N–H and O–H groups in total. The normalized spacial score (nSPS) is 14.6. The van der Waals surface area contributed by atoms with Crippen LogP contribution in [0.5, 0.6) is 0 Å². The molecule has 0 spiro atoms. The highest BCUT2D eigenvalue weighted by atomic mass is 19.4. The van der Waals surface area contributed by atoms with Gasteiger partial charge >= 0.3 is 12.4 Å². The first-order valence-electron chi connectivity index (χ1n) is 9.70. The first-order chi connectivity index (χ1) is 15.3. The van der Waals surface area contributed by atoms with Crippen LogP contribution in [0.4, 0.5) is 36.7 Å². The third-order valence-electron chi connectivity index (χ3n) is 4.87. The van der Waals surface area contributed by atoms with E-state index in [9.17, 15) is 45.7 Å². The fraction of sp³-hybridized carbons (Fsp3) is 0.429. The van der Waals surface area contributed by atoms with Crippen LogP contribution in [0.3, 0.4) is 0 Å². The van der Waals surface area contributed by atoms with E-state index < -0.39 is 47.7 Å². The van der Waals surface area contributed by atoms with Gasteiger partial charge in [0.15, 0.2) is 0 Å². The number of halogens is 7. The number of rotatable bonds is 6. The van der Waals surface area contributed by atoms with Gasteiger partial charge < -0.3 is 10.2 Å². The minimum Gasteiger partial charge on any atom is -0.386 e. The Labute approximate surface area is 189 Å². The molecule has 1 aromatic heterocycles. The van der Waals surface area contributed by atoms with E-state index in [1.165, 1.54) is 45.0 Å². The van der Waals surface area contributed by atoms with Crippen LogP contribution in [-0.2, 0) is 10.4 Å². The summed E-state index contributed by atoms with van der Waals surface area (Å²) in [5.41, 5.74) is -5.66. The van der Waals surface area contributed by atoms with Crippen molar-refractivity contribution in [2.45, 2.75) is 57.7 Å². The molecular formula is C21H22F7N3O3. The lowest BCUT2D eigenvalue weighted by molar-refractivity contribution is -0.366. The number of anilines is 1. The molecular weight excluding hydrogens is 475 g/mol. The van der Waals surface area contributed by atoms with Crippen molar-refractivity contribution in [1.82, 2.24) is 9.55 Å². The summed E-state index contributed by atoms with van der Waals surface area (Å²) < 4.78 is 92.1. The molecule has 188 valence electrons. The zero-order valence-electron chi connectivity index (χ0n) is 18.4. The van der Waals surface area contributed by atoms with Gasteiger partial charge in [-0.25, -0.2) is 9.37 Å².